The van der Waals surface area contributed by atoms with Crippen molar-refractivity contribution < 1.29 is 9.53 Å². The standard InChI is InChI=1S/C14H26ClNO2/c1-11-5-7-14(10-15,8-6-11)16-12(17)9-18-13(2,3)4/h11H,5-10H2,1-4H3,(H,16,17). The molecule has 1 N–H and O–H groups in total. The van der Waals surface area contributed by atoms with Gasteiger partial charge in [0, 0.05) is 5.88 Å². The summed E-state index contributed by atoms with van der Waals surface area (Å²) in [5, 5.41) is 3.08. The van der Waals surface area contributed by atoms with Crippen molar-refractivity contribution in [2.45, 2.75) is 64.5 Å². The molecule has 0 radical (unpaired) electrons. The van der Waals surface area contributed by atoms with E-state index < -0.39 is 0 Å². The fraction of sp³-hybridized carbons (Fsp3) is 0.929. The van der Waals surface area contributed by atoms with E-state index >= 15 is 0 Å². The lowest BCUT2D eigenvalue weighted by Gasteiger charge is -2.39. The molecule has 0 aliphatic heterocycles. The zero-order chi connectivity index (χ0) is 13.8. The van der Waals surface area contributed by atoms with Crippen molar-refractivity contribution >= 4 is 17.5 Å². The van der Waals surface area contributed by atoms with Gasteiger partial charge >= 0.3 is 0 Å². The highest BCUT2D eigenvalue weighted by atomic mass is 35.5. The van der Waals surface area contributed by atoms with Crippen molar-refractivity contribution in [3.63, 3.8) is 0 Å². The molecule has 0 aromatic rings. The Bertz CT molecular complexity index is 278. The zero-order valence-electron chi connectivity index (χ0n) is 12.0. The number of amides is 1. The molecule has 1 aliphatic rings. The van der Waals surface area contributed by atoms with Gasteiger partial charge in [-0.3, -0.25) is 4.79 Å². The summed E-state index contributed by atoms with van der Waals surface area (Å²) in [5.41, 5.74) is -0.501. The molecule has 0 bridgehead atoms. The third-order valence-corrected chi connectivity index (χ3v) is 4.04. The van der Waals surface area contributed by atoms with Crippen LogP contribution in [0.25, 0.3) is 0 Å². The summed E-state index contributed by atoms with van der Waals surface area (Å²) in [4.78, 5) is 11.9. The number of halogens is 1. The summed E-state index contributed by atoms with van der Waals surface area (Å²) >= 11 is 6.06. The Hall–Kier alpha value is -0.280. The summed E-state index contributed by atoms with van der Waals surface area (Å²) in [6.07, 6.45) is 4.21. The van der Waals surface area contributed by atoms with Gasteiger partial charge < -0.3 is 10.1 Å². The maximum Gasteiger partial charge on any atom is 0.246 e. The number of ether oxygens (including phenoxy) is 1. The van der Waals surface area contributed by atoms with Crippen molar-refractivity contribution in [3.05, 3.63) is 0 Å². The quantitative estimate of drug-likeness (QED) is 0.801. The number of carbonyl (C=O) groups is 1. The molecular weight excluding hydrogens is 250 g/mol. The third-order valence-electron chi connectivity index (χ3n) is 3.53. The van der Waals surface area contributed by atoms with Crippen LogP contribution in [0.4, 0.5) is 0 Å². The second-order valence-electron chi connectivity index (χ2n) is 6.55. The summed E-state index contributed by atoms with van der Waals surface area (Å²) in [6, 6.07) is 0. The van der Waals surface area contributed by atoms with Crippen molar-refractivity contribution in [1.29, 1.82) is 0 Å². The van der Waals surface area contributed by atoms with Crippen LogP contribution in [-0.2, 0) is 9.53 Å². The number of rotatable bonds is 4. The van der Waals surface area contributed by atoms with Gasteiger partial charge in [0.15, 0.2) is 0 Å². The number of hydrogen-bond acceptors (Lipinski definition) is 2. The van der Waals surface area contributed by atoms with Crippen molar-refractivity contribution in [1.82, 2.24) is 5.32 Å². The van der Waals surface area contributed by atoms with Crippen molar-refractivity contribution in [3.8, 4) is 0 Å². The van der Waals surface area contributed by atoms with Crippen LogP contribution in [0.2, 0.25) is 0 Å². The molecule has 0 unspecified atom stereocenters. The van der Waals surface area contributed by atoms with Gasteiger partial charge in [0.25, 0.3) is 0 Å². The monoisotopic (exact) mass is 275 g/mol. The average Bonchev–Trinajstić information content (AvgIpc) is 2.29. The van der Waals surface area contributed by atoms with Gasteiger partial charge in [0.2, 0.25) is 5.91 Å². The van der Waals surface area contributed by atoms with E-state index in [-0.39, 0.29) is 23.7 Å². The largest absolute Gasteiger partial charge is 0.366 e. The van der Waals surface area contributed by atoms with Crippen molar-refractivity contribution in [2.24, 2.45) is 5.92 Å². The first kappa shape index (κ1) is 15.8. The first-order valence-corrected chi connectivity index (χ1v) is 7.31. The molecule has 1 fully saturated rings. The summed E-state index contributed by atoms with van der Waals surface area (Å²) in [7, 11) is 0. The lowest BCUT2D eigenvalue weighted by molar-refractivity contribution is -0.132. The van der Waals surface area contributed by atoms with E-state index in [0.29, 0.717) is 5.88 Å². The Morgan fingerprint density at radius 1 is 1.39 bits per heavy atom. The molecule has 3 nitrogen and oxygen atoms in total. The molecule has 0 atom stereocenters. The van der Waals surface area contributed by atoms with Crippen LogP contribution in [0.15, 0.2) is 0 Å². The minimum Gasteiger partial charge on any atom is -0.366 e. The Morgan fingerprint density at radius 2 is 1.94 bits per heavy atom. The molecule has 0 saturated heterocycles. The highest BCUT2D eigenvalue weighted by Crippen LogP contribution is 2.32. The number of hydrogen-bond donors (Lipinski definition) is 1. The van der Waals surface area contributed by atoms with Gasteiger partial charge in [-0.15, -0.1) is 11.6 Å². The number of alkyl halides is 1. The fourth-order valence-corrected chi connectivity index (χ4v) is 2.55. The minimum atomic E-state index is -0.285. The number of carbonyl (C=O) groups excluding carboxylic acids is 1. The van der Waals surface area contributed by atoms with E-state index in [9.17, 15) is 4.79 Å². The SMILES string of the molecule is CC1CCC(CCl)(NC(=O)COC(C)(C)C)CC1. The second kappa shape index (κ2) is 6.25. The van der Waals surface area contributed by atoms with Crippen LogP contribution in [0, 0.1) is 5.92 Å². The van der Waals surface area contributed by atoms with Crippen LogP contribution in [0.5, 0.6) is 0 Å². The van der Waals surface area contributed by atoms with E-state index in [1.807, 2.05) is 20.8 Å². The van der Waals surface area contributed by atoms with Crippen LogP contribution in [-0.4, -0.2) is 29.5 Å². The molecule has 0 aromatic carbocycles. The second-order valence-corrected chi connectivity index (χ2v) is 6.81. The van der Waals surface area contributed by atoms with E-state index in [1.165, 1.54) is 0 Å². The first-order valence-electron chi connectivity index (χ1n) is 6.77. The Balaban J connectivity index is 2.45. The lowest BCUT2D eigenvalue weighted by atomic mass is 9.78. The summed E-state index contributed by atoms with van der Waals surface area (Å²) < 4.78 is 5.49. The molecular formula is C14H26ClNO2. The molecule has 106 valence electrons. The van der Waals surface area contributed by atoms with E-state index in [0.717, 1.165) is 31.6 Å². The van der Waals surface area contributed by atoms with Crippen LogP contribution in [0.3, 0.4) is 0 Å². The number of nitrogens with one attached hydrogen (secondary N) is 1. The molecule has 1 rings (SSSR count). The van der Waals surface area contributed by atoms with E-state index in [1.54, 1.807) is 0 Å². The van der Waals surface area contributed by atoms with Gasteiger partial charge in [-0.2, -0.15) is 0 Å². The highest BCUT2D eigenvalue weighted by molar-refractivity contribution is 6.18. The molecule has 0 aromatic heterocycles. The summed E-state index contributed by atoms with van der Waals surface area (Å²) in [6.45, 7) is 8.19. The van der Waals surface area contributed by atoms with E-state index in [2.05, 4.69) is 12.2 Å². The predicted octanol–water partition coefficient (Wildman–Crippen LogP) is 3.11. The van der Waals surface area contributed by atoms with Gasteiger partial charge in [0.05, 0.1) is 11.1 Å². The smallest absolute Gasteiger partial charge is 0.246 e. The normalized spacial score (nSPS) is 29.1. The average molecular weight is 276 g/mol. The molecule has 4 heteroatoms. The lowest BCUT2D eigenvalue weighted by Crippen LogP contribution is -2.53. The Kier molecular flexibility index (Phi) is 5.47. The van der Waals surface area contributed by atoms with Gasteiger partial charge in [-0.05, 0) is 52.4 Å². The Labute approximate surface area is 116 Å². The van der Waals surface area contributed by atoms with E-state index in [4.69, 9.17) is 16.3 Å². The minimum absolute atomic E-state index is 0.0554. The maximum absolute atomic E-state index is 11.9. The zero-order valence-corrected chi connectivity index (χ0v) is 12.8. The molecule has 0 heterocycles. The van der Waals surface area contributed by atoms with Crippen LogP contribution >= 0.6 is 11.6 Å². The van der Waals surface area contributed by atoms with Crippen LogP contribution in [0.1, 0.15) is 53.4 Å². The van der Waals surface area contributed by atoms with Gasteiger partial charge in [-0.1, -0.05) is 6.92 Å². The van der Waals surface area contributed by atoms with Crippen LogP contribution < -0.4 is 5.32 Å². The molecule has 1 amide bonds. The summed E-state index contributed by atoms with van der Waals surface area (Å²) in [5.74, 6) is 1.17. The Morgan fingerprint density at radius 3 is 2.39 bits per heavy atom. The third kappa shape index (κ3) is 5.15. The molecule has 1 aliphatic carbocycles. The predicted molar refractivity (Wildman–Crippen MR) is 74.9 cm³/mol. The topological polar surface area (TPSA) is 38.3 Å². The van der Waals surface area contributed by atoms with Crippen molar-refractivity contribution in [2.75, 3.05) is 12.5 Å². The van der Waals surface area contributed by atoms with Gasteiger partial charge in [-0.25, -0.2) is 0 Å². The molecule has 18 heavy (non-hydrogen) atoms. The first-order chi connectivity index (χ1) is 8.26. The maximum atomic E-state index is 11.9. The fourth-order valence-electron chi connectivity index (χ4n) is 2.22. The molecule has 0 spiro atoms. The molecule has 1 saturated carbocycles. The van der Waals surface area contributed by atoms with Gasteiger partial charge in [0.1, 0.15) is 6.61 Å². The highest BCUT2D eigenvalue weighted by Gasteiger charge is 2.34.